The first-order valence-corrected chi connectivity index (χ1v) is 11.3. The summed E-state index contributed by atoms with van der Waals surface area (Å²) in [4.78, 5) is 19.8. The van der Waals surface area contributed by atoms with E-state index in [1.807, 2.05) is 13.9 Å². The van der Waals surface area contributed by atoms with Crippen LogP contribution in [0.4, 0.5) is 10.1 Å². The largest absolute Gasteiger partial charge is 0.382 e. The molecule has 2 aromatic carbocycles. The van der Waals surface area contributed by atoms with Crippen LogP contribution in [0.2, 0.25) is 0 Å². The van der Waals surface area contributed by atoms with E-state index in [4.69, 9.17) is 4.74 Å². The number of aryl methyl sites for hydroxylation is 1. The van der Waals surface area contributed by atoms with Crippen LogP contribution in [0.1, 0.15) is 23.1 Å². The second-order valence-corrected chi connectivity index (χ2v) is 8.53. The van der Waals surface area contributed by atoms with Gasteiger partial charge in [-0.15, -0.1) is 0 Å². The zero-order valence-corrected chi connectivity index (χ0v) is 19.4. The normalized spacial score (nSPS) is 15.0. The molecule has 0 amide bonds. The lowest BCUT2D eigenvalue weighted by Gasteiger charge is -2.31. The number of benzene rings is 2. The average Bonchev–Trinajstić information content (AvgIpc) is 2.86. The highest BCUT2D eigenvalue weighted by Gasteiger charge is 2.22. The molecule has 1 unspecified atom stereocenters. The third-order valence-corrected chi connectivity index (χ3v) is 6.56. The molecule has 170 valence electrons. The third-order valence-electron chi connectivity index (χ3n) is 6.56. The van der Waals surface area contributed by atoms with Crippen molar-refractivity contribution >= 4 is 43.2 Å². The van der Waals surface area contributed by atoms with Crippen LogP contribution < -0.4 is 15.8 Å². The minimum atomic E-state index is -1.03. The number of aliphatic hydroxyl groups excluding tert-OH is 1. The molecule has 1 N–H and O–H groups in total. The number of anilines is 1. The van der Waals surface area contributed by atoms with Gasteiger partial charge in [0.25, 0.3) is 0 Å². The van der Waals surface area contributed by atoms with Crippen molar-refractivity contribution in [3.8, 4) is 11.3 Å². The van der Waals surface area contributed by atoms with E-state index in [2.05, 4.69) is 32.7 Å². The van der Waals surface area contributed by atoms with Crippen molar-refractivity contribution in [3.63, 3.8) is 0 Å². The number of aromatic nitrogens is 4. The van der Waals surface area contributed by atoms with Crippen molar-refractivity contribution in [2.75, 3.05) is 31.2 Å². The molecule has 5 rings (SSSR count). The Morgan fingerprint density at radius 1 is 1.03 bits per heavy atom. The Bertz CT molecular complexity index is 1380. The van der Waals surface area contributed by atoms with Crippen LogP contribution in [-0.2, 0) is 4.74 Å². The van der Waals surface area contributed by atoms with Gasteiger partial charge in [0.05, 0.1) is 35.8 Å². The summed E-state index contributed by atoms with van der Waals surface area (Å²) in [7, 11) is 4.09. The second kappa shape index (κ2) is 9.12. The Labute approximate surface area is 198 Å². The molecule has 1 saturated heterocycles. The number of ether oxygens (including phenoxy) is 1. The molecule has 2 aromatic heterocycles. The van der Waals surface area contributed by atoms with Gasteiger partial charge in [0.1, 0.15) is 33.9 Å². The van der Waals surface area contributed by atoms with Gasteiger partial charge in [0.2, 0.25) is 0 Å². The van der Waals surface area contributed by atoms with Crippen LogP contribution in [0.5, 0.6) is 0 Å². The highest BCUT2D eigenvalue weighted by Crippen LogP contribution is 2.31. The van der Waals surface area contributed by atoms with Crippen molar-refractivity contribution in [1.29, 1.82) is 0 Å². The van der Waals surface area contributed by atoms with E-state index >= 15 is 4.39 Å². The van der Waals surface area contributed by atoms with Crippen molar-refractivity contribution in [2.45, 2.75) is 13.0 Å². The average molecular weight is 455 g/mol. The van der Waals surface area contributed by atoms with Gasteiger partial charge < -0.3 is 14.7 Å². The summed E-state index contributed by atoms with van der Waals surface area (Å²) in [5, 5.41) is 11.8. The number of hydrogen-bond donors (Lipinski definition) is 1. The maximum absolute atomic E-state index is 15.1. The minimum absolute atomic E-state index is 0.312. The topological polar surface area (TPSA) is 84.3 Å². The van der Waals surface area contributed by atoms with Crippen molar-refractivity contribution in [2.24, 2.45) is 0 Å². The van der Waals surface area contributed by atoms with Gasteiger partial charge in [-0.1, -0.05) is 17.0 Å². The summed E-state index contributed by atoms with van der Waals surface area (Å²) in [5.41, 5.74) is 6.37. The highest BCUT2D eigenvalue weighted by atomic mass is 19.1. The monoisotopic (exact) mass is 455 g/mol. The third kappa shape index (κ3) is 3.93. The first-order chi connectivity index (χ1) is 16.5. The molecule has 7 nitrogen and oxygen atoms in total. The molecule has 10 heteroatoms. The Balaban J connectivity index is 1.64. The van der Waals surface area contributed by atoms with Crippen LogP contribution in [0, 0.1) is 12.7 Å². The Morgan fingerprint density at radius 3 is 2.56 bits per heavy atom. The predicted octanol–water partition coefficient (Wildman–Crippen LogP) is -0.0306. The lowest BCUT2D eigenvalue weighted by atomic mass is 9.76. The number of aliphatic hydroxyl groups is 1. The van der Waals surface area contributed by atoms with Gasteiger partial charge in [-0.05, 0) is 30.7 Å². The first kappa shape index (κ1) is 22.4. The summed E-state index contributed by atoms with van der Waals surface area (Å²) in [6.45, 7) is 4.81. The maximum atomic E-state index is 15.1. The minimum Gasteiger partial charge on any atom is -0.382 e. The number of morpholine rings is 1. The van der Waals surface area contributed by atoms with Crippen LogP contribution in [0.15, 0.2) is 43.0 Å². The van der Waals surface area contributed by atoms with E-state index in [9.17, 15) is 5.11 Å². The molecular weight excluding hydrogens is 431 g/mol. The van der Waals surface area contributed by atoms with Gasteiger partial charge >= 0.3 is 0 Å². The standard InChI is InChI=1S/C24H24B2FN5O2/c1-13-22(29-5-4-28-13)24(33)14-2-3-16(27)15(10-14)23-19-17(30-12-31-23)11-18(20(25)21(19)26)32-6-8-34-9-7-32/h2-5,10-12,24,33H,6-9,25-26H2,1H3. The predicted molar refractivity (Wildman–Crippen MR) is 135 cm³/mol. The molecule has 3 heterocycles. The molecule has 1 atom stereocenters. The molecule has 0 saturated carbocycles. The Kier molecular flexibility index (Phi) is 6.02. The molecule has 1 fully saturated rings. The fourth-order valence-corrected chi connectivity index (χ4v) is 4.57. The number of rotatable bonds is 4. The van der Waals surface area contributed by atoms with Gasteiger partial charge in [0, 0.05) is 42.1 Å². The lowest BCUT2D eigenvalue weighted by molar-refractivity contribution is 0.123. The molecule has 4 aromatic rings. The van der Waals surface area contributed by atoms with Crippen LogP contribution in [0.25, 0.3) is 22.2 Å². The molecule has 1 aliphatic heterocycles. The number of halogens is 1. The zero-order chi connectivity index (χ0) is 23.8. The van der Waals surface area contributed by atoms with E-state index in [0.29, 0.717) is 41.4 Å². The Morgan fingerprint density at radius 2 is 1.79 bits per heavy atom. The van der Waals surface area contributed by atoms with Crippen LogP contribution in [-0.4, -0.2) is 67.0 Å². The van der Waals surface area contributed by atoms with Crippen LogP contribution >= 0.6 is 0 Å². The van der Waals surface area contributed by atoms with E-state index in [1.54, 1.807) is 25.3 Å². The summed E-state index contributed by atoms with van der Waals surface area (Å²) >= 11 is 0. The molecular formula is C24H24B2FN5O2. The molecule has 0 aliphatic carbocycles. The smallest absolute Gasteiger partial charge is 0.141 e. The summed E-state index contributed by atoms with van der Waals surface area (Å²) in [6.07, 6.45) is 3.54. The number of fused-ring (bicyclic) bond motifs is 1. The number of nitrogens with zero attached hydrogens (tertiary/aromatic N) is 5. The first-order valence-electron chi connectivity index (χ1n) is 11.3. The summed E-state index contributed by atoms with van der Waals surface area (Å²) in [6, 6.07) is 6.61. The fraction of sp³-hybridized carbons (Fsp3) is 0.250. The van der Waals surface area contributed by atoms with Crippen molar-refractivity contribution in [1.82, 2.24) is 19.9 Å². The van der Waals surface area contributed by atoms with Crippen LogP contribution in [0.3, 0.4) is 0 Å². The van der Waals surface area contributed by atoms with Crippen molar-refractivity contribution in [3.05, 3.63) is 65.8 Å². The molecule has 0 spiro atoms. The number of hydrogen-bond acceptors (Lipinski definition) is 7. The summed E-state index contributed by atoms with van der Waals surface area (Å²) < 4.78 is 20.6. The van der Waals surface area contributed by atoms with Gasteiger partial charge in [-0.2, -0.15) is 0 Å². The molecule has 0 radical (unpaired) electrons. The Hall–Kier alpha value is -3.36. The van der Waals surface area contributed by atoms with E-state index in [0.717, 1.165) is 40.6 Å². The van der Waals surface area contributed by atoms with Gasteiger partial charge in [-0.3, -0.25) is 9.97 Å². The van der Waals surface area contributed by atoms with E-state index in [-0.39, 0.29) is 0 Å². The fourth-order valence-electron chi connectivity index (χ4n) is 4.57. The van der Waals surface area contributed by atoms with E-state index in [1.165, 1.54) is 18.6 Å². The quantitative estimate of drug-likeness (QED) is 0.433. The molecule has 0 bridgehead atoms. The summed E-state index contributed by atoms with van der Waals surface area (Å²) in [5.74, 6) is -0.416. The maximum Gasteiger partial charge on any atom is 0.141 e. The molecule has 1 aliphatic rings. The van der Waals surface area contributed by atoms with Gasteiger partial charge in [0.15, 0.2) is 0 Å². The lowest BCUT2D eigenvalue weighted by Crippen LogP contribution is -2.42. The van der Waals surface area contributed by atoms with Gasteiger partial charge in [-0.25, -0.2) is 14.4 Å². The second-order valence-electron chi connectivity index (χ2n) is 8.53. The molecule has 34 heavy (non-hydrogen) atoms. The van der Waals surface area contributed by atoms with E-state index < -0.39 is 11.9 Å². The van der Waals surface area contributed by atoms with Crippen molar-refractivity contribution < 1.29 is 14.2 Å². The highest BCUT2D eigenvalue weighted by molar-refractivity contribution is 6.55. The zero-order valence-electron chi connectivity index (χ0n) is 19.4. The SMILES string of the molecule is Bc1c(N2CCOCC2)cc2ncnc(-c3cc(C(O)c4nccnc4C)ccc3F)c2c1B.